The summed E-state index contributed by atoms with van der Waals surface area (Å²) in [4.78, 5) is 30.1. The van der Waals surface area contributed by atoms with Gasteiger partial charge in [-0.1, -0.05) is 12.1 Å². The van der Waals surface area contributed by atoms with Gasteiger partial charge in [-0.15, -0.1) is 0 Å². The van der Waals surface area contributed by atoms with Crippen molar-refractivity contribution in [2.24, 2.45) is 0 Å². The Morgan fingerprint density at radius 2 is 1.67 bits per heavy atom. The van der Waals surface area contributed by atoms with Crippen molar-refractivity contribution in [3.8, 4) is 5.75 Å². The zero-order valence-corrected chi connectivity index (χ0v) is 20.7. The molecule has 3 aromatic rings. The average Bonchev–Trinajstić information content (AvgIpc) is 3.46. The summed E-state index contributed by atoms with van der Waals surface area (Å²) < 4.78 is 15.8. The lowest BCUT2D eigenvalue weighted by Gasteiger charge is -2.38. The minimum Gasteiger partial charge on any atom is -0.495 e. The van der Waals surface area contributed by atoms with Crippen LogP contribution in [-0.4, -0.2) is 65.4 Å². The van der Waals surface area contributed by atoms with Crippen molar-refractivity contribution in [3.63, 3.8) is 0 Å². The first-order valence-corrected chi connectivity index (χ1v) is 12.0. The number of hydrogen-bond donors (Lipinski definition) is 2. The Labute approximate surface area is 211 Å². The molecule has 0 unspecified atom stereocenters. The molecule has 0 atom stereocenters. The van der Waals surface area contributed by atoms with Crippen LogP contribution >= 0.6 is 0 Å². The van der Waals surface area contributed by atoms with Crippen molar-refractivity contribution in [1.29, 1.82) is 0 Å². The second kappa shape index (κ2) is 12.1. The number of methoxy groups -OCH3 is 2. The Morgan fingerprint density at radius 3 is 2.36 bits per heavy atom. The van der Waals surface area contributed by atoms with Crippen LogP contribution in [0.1, 0.15) is 27.3 Å². The van der Waals surface area contributed by atoms with Crippen molar-refractivity contribution >= 4 is 28.9 Å². The van der Waals surface area contributed by atoms with Crippen LogP contribution in [-0.2, 0) is 4.74 Å². The SMILES string of the molecule is COCCCNC(=O)c1cc(NC(=O)c2ccco2)ccc1N1CCN(c2ccccc2OC)CC1. The molecular weight excluding hydrogens is 460 g/mol. The van der Waals surface area contributed by atoms with Crippen LogP contribution in [0.4, 0.5) is 17.1 Å². The summed E-state index contributed by atoms with van der Waals surface area (Å²) >= 11 is 0. The van der Waals surface area contributed by atoms with E-state index in [1.807, 2.05) is 30.3 Å². The monoisotopic (exact) mass is 492 g/mol. The molecular formula is C27H32N4O5. The number of carbonyl (C=O) groups is 2. The highest BCUT2D eigenvalue weighted by atomic mass is 16.5. The maximum Gasteiger partial charge on any atom is 0.291 e. The van der Waals surface area contributed by atoms with Gasteiger partial charge in [0.25, 0.3) is 11.8 Å². The second-order valence-electron chi connectivity index (χ2n) is 8.41. The third-order valence-corrected chi connectivity index (χ3v) is 6.10. The van der Waals surface area contributed by atoms with E-state index in [1.165, 1.54) is 6.26 Å². The highest BCUT2D eigenvalue weighted by molar-refractivity contribution is 6.05. The third kappa shape index (κ3) is 5.98. The number of hydrogen-bond acceptors (Lipinski definition) is 7. The number of para-hydroxylation sites is 2. The molecule has 4 rings (SSSR count). The van der Waals surface area contributed by atoms with Crippen molar-refractivity contribution < 1.29 is 23.5 Å². The molecule has 1 aliphatic rings. The molecule has 0 saturated carbocycles. The van der Waals surface area contributed by atoms with Gasteiger partial charge in [-0.05, 0) is 48.9 Å². The molecule has 0 aliphatic carbocycles. The molecule has 2 N–H and O–H groups in total. The Bertz CT molecular complexity index is 1160. The topological polar surface area (TPSA) is 96.3 Å². The van der Waals surface area contributed by atoms with Gasteiger partial charge in [-0.3, -0.25) is 9.59 Å². The first kappa shape index (κ1) is 25.1. The van der Waals surface area contributed by atoms with Crippen molar-refractivity contribution in [2.75, 3.05) is 68.7 Å². The summed E-state index contributed by atoms with van der Waals surface area (Å²) in [5.74, 6) is 0.489. The van der Waals surface area contributed by atoms with E-state index >= 15 is 0 Å². The maximum absolute atomic E-state index is 13.2. The molecule has 1 fully saturated rings. The maximum atomic E-state index is 13.2. The van der Waals surface area contributed by atoms with Gasteiger partial charge in [-0.25, -0.2) is 0 Å². The number of rotatable bonds is 10. The average molecular weight is 493 g/mol. The molecule has 0 spiro atoms. The number of benzene rings is 2. The Kier molecular flexibility index (Phi) is 8.46. The summed E-state index contributed by atoms with van der Waals surface area (Å²) in [6.07, 6.45) is 2.16. The smallest absolute Gasteiger partial charge is 0.291 e. The van der Waals surface area contributed by atoms with E-state index in [9.17, 15) is 9.59 Å². The molecule has 36 heavy (non-hydrogen) atoms. The molecule has 9 nitrogen and oxygen atoms in total. The predicted octanol–water partition coefficient (Wildman–Crippen LogP) is 3.63. The number of piperazine rings is 1. The van der Waals surface area contributed by atoms with E-state index in [0.717, 1.165) is 43.3 Å². The molecule has 9 heteroatoms. The molecule has 0 radical (unpaired) electrons. The lowest BCUT2D eigenvalue weighted by atomic mass is 10.1. The summed E-state index contributed by atoms with van der Waals surface area (Å²) in [5.41, 5.74) is 2.92. The molecule has 1 aromatic heterocycles. The van der Waals surface area contributed by atoms with Crippen molar-refractivity contribution in [1.82, 2.24) is 5.32 Å². The molecule has 1 saturated heterocycles. The number of nitrogens with one attached hydrogen (secondary N) is 2. The number of amides is 2. The Hall–Kier alpha value is -3.98. The zero-order chi connectivity index (χ0) is 25.3. The van der Waals surface area contributed by atoms with Gasteiger partial charge in [-0.2, -0.15) is 0 Å². The minimum absolute atomic E-state index is 0.192. The Morgan fingerprint density at radius 1 is 0.917 bits per heavy atom. The summed E-state index contributed by atoms with van der Waals surface area (Å²) in [5, 5.41) is 5.78. The van der Waals surface area contributed by atoms with Crippen LogP contribution in [0.2, 0.25) is 0 Å². The number of carbonyl (C=O) groups excluding carboxylic acids is 2. The number of nitrogens with zero attached hydrogens (tertiary/aromatic N) is 2. The molecule has 1 aliphatic heterocycles. The van der Waals surface area contributed by atoms with E-state index in [0.29, 0.717) is 30.8 Å². The second-order valence-corrected chi connectivity index (χ2v) is 8.41. The third-order valence-electron chi connectivity index (χ3n) is 6.10. The van der Waals surface area contributed by atoms with Gasteiger partial charge >= 0.3 is 0 Å². The fourth-order valence-electron chi connectivity index (χ4n) is 4.26. The van der Waals surface area contributed by atoms with Crippen molar-refractivity contribution in [2.45, 2.75) is 6.42 Å². The van der Waals surface area contributed by atoms with Crippen LogP contribution in [0, 0.1) is 0 Å². The molecule has 2 heterocycles. The zero-order valence-electron chi connectivity index (χ0n) is 20.7. The molecule has 2 amide bonds. The van der Waals surface area contributed by atoms with Gasteiger partial charge in [0, 0.05) is 57.8 Å². The van der Waals surface area contributed by atoms with Crippen LogP contribution in [0.25, 0.3) is 0 Å². The fourth-order valence-corrected chi connectivity index (χ4v) is 4.26. The summed E-state index contributed by atoms with van der Waals surface area (Å²) in [6, 6.07) is 16.6. The quantitative estimate of drug-likeness (QED) is 0.417. The molecule has 0 bridgehead atoms. The van der Waals surface area contributed by atoms with Crippen LogP contribution < -0.4 is 25.2 Å². The molecule has 190 valence electrons. The van der Waals surface area contributed by atoms with Gasteiger partial charge < -0.3 is 34.3 Å². The summed E-state index contributed by atoms with van der Waals surface area (Å²) in [6.45, 7) is 4.10. The van der Waals surface area contributed by atoms with E-state index in [1.54, 1.807) is 32.4 Å². The highest BCUT2D eigenvalue weighted by Crippen LogP contribution is 2.31. The predicted molar refractivity (Wildman–Crippen MR) is 139 cm³/mol. The lowest BCUT2D eigenvalue weighted by molar-refractivity contribution is 0.0947. The van der Waals surface area contributed by atoms with Gasteiger partial charge in [0.1, 0.15) is 5.75 Å². The van der Waals surface area contributed by atoms with Gasteiger partial charge in [0.15, 0.2) is 5.76 Å². The van der Waals surface area contributed by atoms with Crippen LogP contribution in [0.15, 0.2) is 65.3 Å². The largest absolute Gasteiger partial charge is 0.495 e. The number of ether oxygens (including phenoxy) is 2. The minimum atomic E-state index is -0.371. The number of anilines is 3. The van der Waals surface area contributed by atoms with E-state index < -0.39 is 0 Å². The normalized spacial score (nSPS) is 13.4. The van der Waals surface area contributed by atoms with E-state index in [2.05, 4.69) is 26.5 Å². The standard InChI is InChI=1S/C27H32N4O5/c1-34-17-6-12-28-26(32)21-19-20(29-27(33)25-9-5-18-36-25)10-11-22(21)30-13-15-31(16-14-30)23-7-3-4-8-24(23)35-2/h3-5,7-11,18-19H,6,12-17H2,1-2H3,(H,28,32)(H,29,33). The van der Waals surface area contributed by atoms with Crippen LogP contribution in [0.5, 0.6) is 5.75 Å². The van der Waals surface area contributed by atoms with Gasteiger partial charge in [0.2, 0.25) is 0 Å². The van der Waals surface area contributed by atoms with Crippen LogP contribution in [0.3, 0.4) is 0 Å². The van der Waals surface area contributed by atoms with E-state index in [-0.39, 0.29) is 17.6 Å². The van der Waals surface area contributed by atoms with Gasteiger partial charge in [0.05, 0.1) is 24.6 Å². The highest BCUT2D eigenvalue weighted by Gasteiger charge is 2.24. The Balaban J connectivity index is 1.51. The molecule has 2 aromatic carbocycles. The fraction of sp³-hybridized carbons (Fsp3) is 0.333. The van der Waals surface area contributed by atoms with Crippen molar-refractivity contribution in [3.05, 3.63) is 72.2 Å². The number of furan rings is 1. The summed E-state index contributed by atoms with van der Waals surface area (Å²) in [7, 11) is 3.31. The van der Waals surface area contributed by atoms with E-state index in [4.69, 9.17) is 13.9 Å². The first-order valence-electron chi connectivity index (χ1n) is 12.0. The first-order chi connectivity index (χ1) is 17.6. The lowest BCUT2D eigenvalue weighted by Crippen LogP contribution is -2.47.